The van der Waals surface area contributed by atoms with Crippen LogP contribution in [-0.2, 0) is 9.59 Å². The van der Waals surface area contributed by atoms with Gasteiger partial charge in [-0.2, -0.15) is 0 Å². The molecule has 1 fully saturated rings. The molecule has 2 aliphatic rings. The van der Waals surface area contributed by atoms with Gasteiger partial charge in [-0.25, -0.2) is 0 Å². The topological polar surface area (TPSA) is 104 Å². The number of nitrogens with one attached hydrogen (secondary N) is 4. The van der Waals surface area contributed by atoms with Crippen molar-refractivity contribution in [1.29, 1.82) is 0 Å². The summed E-state index contributed by atoms with van der Waals surface area (Å²) in [7, 11) is 4.87. The van der Waals surface area contributed by atoms with E-state index in [4.69, 9.17) is 4.74 Å². The summed E-state index contributed by atoms with van der Waals surface area (Å²) in [6, 6.07) is 5.51. The monoisotopic (exact) mass is 369 g/mol. The number of carbonyl (C=O) groups is 2. The zero-order chi connectivity index (χ0) is 19.6. The van der Waals surface area contributed by atoms with Crippen LogP contribution in [0, 0.1) is 5.92 Å². The molecule has 0 bridgehead atoms. The number of hydrogen-bond acceptors (Lipinski definition) is 6. The number of para-hydroxylation sites is 1. The van der Waals surface area contributed by atoms with Gasteiger partial charge in [-0.05, 0) is 25.0 Å². The molecule has 0 atom stereocenters. The van der Waals surface area contributed by atoms with Crippen LogP contribution in [0.2, 0.25) is 0 Å². The van der Waals surface area contributed by atoms with E-state index in [1.54, 1.807) is 20.2 Å². The summed E-state index contributed by atoms with van der Waals surface area (Å²) < 4.78 is 6.05. The van der Waals surface area contributed by atoms with Crippen molar-refractivity contribution in [1.82, 2.24) is 10.6 Å². The van der Waals surface area contributed by atoms with Crippen LogP contribution in [0.4, 0.5) is 11.4 Å². The molecule has 4 N–H and O–H groups in total. The third-order valence-electron chi connectivity index (χ3n) is 4.42. The molecule has 1 aromatic rings. The van der Waals surface area contributed by atoms with Gasteiger partial charge in [0.05, 0.1) is 17.0 Å². The van der Waals surface area contributed by atoms with Crippen LogP contribution in [-0.4, -0.2) is 38.8 Å². The van der Waals surface area contributed by atoms with Crippen molar-refractivity contribution in [2.24, 2.45) is 10.9 Å². The van der Waals surface area contributed by atoms with Crippen molar-refractivity contribution in [3.8, 4) is 5.75 Å². The summed E-state index contributed by atoms with van der Waals surface area (Å²) in [5.74, 6) is 0.583. The number of aliphatic imine (C=N–C) groups is 1. The first kappa shape index (κ1) is 18.5. The maximum atomic E-state index is 12.2. The summed E-state index contributed by atoms with van der Waals surface area (Å²) >= 11 is 0. The first-order valence-corrected chi connectivity index (χ1v) is 8.69. The number of rotatable bonds is 5. The van der Waals surface area contributed by atoms with Crippen molar-refractivity contribution in [3.05, 3.63) is 41.8 Å². The van der Waals surface area contributed by atoms with Gasteiger partial charge in [0.15, 0.2) is 17.3 Å². The molecule has 27 heavy (non-hydrogen) atoms. The van der Waals surface area contributed by atoms with E-state index in [1.807, 2.05) is 12.1 Å². The minimum absolute atomic E-state index is 0.00710. The molecule has 0 spiro atoms. The van der Waals surface area contributed by atoms with Gasteiger partial charge in [0, 0.05) is 27.1 Å². The number of amidine groups is 1. The molecule has 142 valence electrons. The highest BCUT2D eigenvalue weighted by atomic mass is 16.5. The lowest BCUT2D eigenvalue weighted by atomic mass is 10.1. The van der Waals surface area contributed by atoms with Crippen molar-refractivity contribution >= 4 is 29.0 Å². The predicted molar refractivity (Wildman–Crippen MR) is 105 cm³/mol. The van der Waals surface area contributed by atoms with Crippen LogP contribution < -0.4 is 26.0 Å². The Bertz CT molecular complexity index is 868. The van der Waals surface area contributed by atoms with Crippen molar-refractivity contribution in [3.63, 3.8) is 0 Å². The summed E-state index contributed by atoms with van der Waals surface area (Å²) in [6.07, 6.45) is 1.74. The Morgan fingerprint density at radius 3 is 2.63 bits per heavy atom. The Hall–Kier alpha value is -3.29. The van der Waals surface area contributed by atoms with Gasteiger partial charge in [-0.3, -0.25) is 14.6 Å². The largest absolute Gasteiger partial charge is 0.449 e. The maximum absolute atomic E-state index is 12.2. The van der Waals surface area contributed by atoms with Crippen LogP contribution in [0.3, 0.4) is 0 Å². The summed E-state index contributed by atoms with van der Waals surface area (Å²) in [5, 5.41) is 11.6. The highest BCUT2D eigenvalue weighted by Crippen LogP contribution is 2.40. The van der Waals surface area contributed by atoms with E-state index in [0.29, 0.717) is 17.1 Å². The Balaban J connectivity index is 2.03. The molecule has 1 aliphatic heterocycles. The van der Waals surface area contributed by atoms with Crippen LogP contribution in [0.5, 0.6) is 5.75 Å². The van der Waals surface area contributed by atoms with E-state index in [1.165, 1.54) is 7.05 Å². The molecule has 0 saturated heterocycles. The molecule has 1 heterocycles. The van der Waals surface area contributed by atoms with Gasteiger partial charge < -0.3 is 26.0 Å². The summed E-state index contributed by atoms with van der Waals surface area (Å²) in [6.45, 7) is 3.87. The summed E-state index contributed by atoms with van der Waals surface area (Å²) in [5.41, 5.74) is 1.99. The minimum atomic E-state index is -0.368. The van der Waals surface area contributed by atoms with E-state index in [0.717, 1.165) is 18.5 Å². The number of ether oxygens (including phenoxy) is 1. The number of nitrogens with zero attached hydrogens (tertiary/aromatic N) is 1. The van der Waals surface area contributed by atoms with Crippen LogP contribution >= 0.6 is 0 Å². The van der Waals surface area contributed by atoms with Gasteiger partial charge in [0.25, 0.3) is 5.91 Å². The van der Waals surface area contributed by atoms with E-state index in [9.17, 15) is 9.59 Å². The molecule has 1 aromatic carbocycles. The van der Waals surface area contributed by atoms with E-state index >= 15 is 0 Å². The quantitative estimate of drug-likeness (QED) is 0.359. The number of amides is 2. The normalized spacial score (nSPS) is 15.9. The first-order chi connectivity index (χ1) is 13.0. The Kier molecular flexibility index (Phi) is 5.16. The molecular weight excluding hydrogens is 346 g/mol. The zero-order valence-corrected chi connectivity index (χ0v) is 15.6. The smallest absolute Gasteiger partial charge is 0.252 e. The fourth-order valence-electron chi connectivity index (χ4n) is 2.72. The van der Waals surface area contributed by atoms with E-state index < -0.39 is 0 Å². The molecule has 1 saturated carbocycles. The highest BCUT2D eigenvalue weighted by Gasteiger charge is 2.33. The van der Waals surface area contributed by atoms with E-state index in [-0.39, 0.29) is 34.9 Å². The fraction of sp³-hybridized carbons (Fsp3) is 0.316. The Morgan fingerprint density at radius 2 is 2.04 bits per heavy atom. The Labute approximate surface area is 157 Å². The summed E-state index contributed by atoms with van der Waals surface area (Å²) in [4.78, 5) is 28.6. The molecule has 0 radical (unpaired) electrons. The standard InChI is InChI=1S/C19H23N5O3/c1-10(18(25)22-4)14-16(17(21-3)24-19(26)11-8-9-11)27-13-7-5-6-12(20-2)15(13)23-14/h5-7,11,20,23H,1,8-9H2,2-4H3,(H,22,25)(H,21,24,26). The van der Waals surface area contributed by atoms with Gasteiger partial charge >= 0.3 is 0 Å². The van der Waals surface area contributed by atoms with Crippen LogP contribution in [0.25, 0.3) is 0 Å². The highest BCUT2D eigenvalue weighted by molar-refractivity contribution is 6.11. The lowest BCUT2D eigenvalue weighted by Crippen LogP contribution is -2.37. The average Bonchev–Trinajstić information content (AvgIpc) is 3.54. The second-order valence-corrected chi connectivity index (χ2v) is 6.25. The average molecular weight is 369 g/mol. The molecule has 8 heteroatoms. The van der Waals surface area contributed by atoms with Crippen LogP contribution in [0.1, 0.15) is 12.8 Å². The maximum Gasteiger partial charge on any atom is 0.252 e. The predicted octanol–water partition coefficient (Wildman–Crippen LogP) is 1.60. The number of carbonyl (C=O) groups excluding carboxylic acids is 2. The lowest BCUT2D eigenvalue weighted by Gasteiger charge is -2.27. The van der Waals surface area contributed by atoms with Gasteiger partial charge in [0.2, 0.25) is 5.91 Å². The molecule has 0 unspecified atom stereocenters. The third kappa shape index (κ3) is 3.64. The second kappa shape index (κ2) is 7.53. The third-order valence-corrected chi connectivity index (χ3v) is 4.42. The molecule has 3 rings (SSSR count). The van der Waals surface area contributed by atoms with Crippen molar-refractivity contribution < 1.29 is 14.3 Å². The molecule has 1 aliphatic carbocycles. The Morgan fingerprint density at radius 1 is 1.30 bits per heavy atom. The van der Waals surface area contributed by atoms with Gasteiger partial charge in [0.1, 0.15) is 5.69 Å². The van der Waals surface area contributed by atoms with Gasteiger partial charge in [-0.1, -0.05) is 12.6 Å². The number of fused-ring (bicyclic) bond motifs is 1. The number of benzene rings is 1. The molecule has 2 amide bonds. The van der Waals surface area contributed by atoms with Crippen molar-refractivity contribution in [2.45, 2.75) is 12.8 Å². The fourth-order valence-corrected chi connectivity index (χ4v) is 2.72. The number of likely N-dealkylation sites (N-methyl/N-ethyl adjacent to an activating group) is 1. The van der Waals surface area contributed by atoms with Crippen molar-refractivity contribution in [2.75, 3.05) is 31.8 Å². The van der Waals surface area contributed by atoms with Gasteiger partial charge in [-0.15, -0.1) is 0 Å². The number of hydrogen-bond donors (Lipinski definition) is 4. The number of anilines is 2. The van der Waals surface area contributed by atoms with Crippen LogP contribution in [0.15, 0.2) is 46.8 Å². The van der Waals surface area contributed by atoms with E-state index in [2.05, 4.69) is 32.8 Å². The second-order valence-electron chi connectivity index (χ2n) is 6.25. The molecule has 8 nitrogen and oxygen atoms in total. The lowest BCUT2D eigenvalue weighted by molar-refractivity contribution is -0.121. The minimum Gasteiger partial charge on any atom is -0.449 e. The first-order valence-electron chi connectivity index (χ1n) is 8.69. The molecular formula is C19H23N5O3. The molecule has 0 aromatic heterocycles. The zero-order valence-electron chi connectivity index (χ0n) is 15.6. The SMILES string of the molecule is C=C(C(=O)NC)C1=C(C(=NC)NC(=O)C2CC2)Oc2cccc(NC)c2N1.